The highest BCUT2D eigenvalue weighted by atomic mass is 16.5. The van der Waals surface area contributed by atoms with Crippen LogP contribution in [0.2, 0.25) is 0 Å². The first-order chi connectivity index (χ1) is 13.2. The van der Waals surface area contributed by atoms with Crippen molar-refractivity contribution in [1.82, 2.24) is 10.3 Å². The summed E-state index contributed by atoms with van der Waals surface area (Å²) in [5.74, 6) is 0.805. The quantitative estimate of drug-likeness (QED) is 0.604. The van der Waals surface area contributed by atoms with Crippen LogP contribution in [0.3, 0.4) is 0 Å². The molecule has 4 nitrogen and oxygen atoms in total. The van der Waals surface area contributed by atoms with E-state index in [9.17, 15) is 4.79 Å². The molecule has 3 rings (SSSR count). The molecule has 1 heterocycles. The van der Waals surface area contributed by atoms with E-state index in [1.807, 2.05) is 24.4 Å². The number of nitrogens with one attached hydrogen (secondary N) is 2. The van der Waals surface area contributed by atoms with Gasteiger partial charge < -0.3 is 15.0 Å². The minimum absolute atomic E-state index is 0.0637. The van der Waals surface area contributed by atoms with E-state index < -0.39 is 0 Å². The van der Waals surface area contributed by atoms with Gasteiger partial charge in [0.05, 0.1) is 7.11 Å². The van der Waals surface area contributed by atoms with Crippen molar-refractivity contribution in [2.75, 3.05) is 13.7 Å². The Hall–Kier alpha value is -2.75. The van der Waals surface area contributed by atoms with Crippen LogP contribution < -0.4 is 10.1 Å². The molecule has 0 spiro atoms. The zero-order valence-corrected chi connectivity index (χ0v) is 16.3. The highest BCUT2D eigenvalue weighted by molar-refractivity contribution is 5.88. The van der Waals surface area contributed by atoms with Crippen molar-refractivity contribution < 1.29 is 9.53 Å². The number of ether oxygens (including phenoxy) is 1. The number of hydrogen-bond acceptors (Lipinski definition) is 2. The molecule has 0 aliphatic carbocycles. The fraction of sp³-hybridized carbons (Fsp3) is 0.348. The SMILES string of the molecule is CCCNC(=O)C[C@@H](c1ccccc1OC)c1c[nH]c2c(CC)cccc12. The van der Waals surface area contributed by atoms with Gasteiger partial charge in [-0.2, -0.15) is 0 Å². The van der Waals surface area contributed by atoms with Gasteiger partial charge >= 0.3 is 0 Å². The largest absolute Gasteiger partial charge is 0.496 e. The number of benzene rings is 2. The number of carbonyl (C=O) groups is 1. The topological polar surface area (TPSA) is 54.1 Å². The molecule has 0 radical (unpaired) electrons. The number of amides is 1. The van der Waals surface area contributed by atoms with Crippen molar-refractivity contribution in [1.29, 1.82) is 0 Å². The molecule has 27 heavy (non-hydrogen) atoms. The summed E-state index contributed by atoms with van der Waals surface area (Å²) in [5.41, 5.74) is 4.61. The second-order valence-corrected chi connectivity index (χ2v) is 6.79. The molecule has 0 aliphatic rings. The molecule has 1 amide bonds. The first-order valence-corrected chi connectivity index (χ1v) is 9.68. The average Bonchev–Trinajstić information content (AvgIpc) is 3.14. The summed E-state index contributed by atoms with van der Waals surface area (Å²) in [6, 6.07) is 14.3. The van der Waals surface area contributed by atoms with Crippen LogP contribution in [0, 0.1) is 0 Å². The summed E-state index contributed by atoms with van der Waals surface area (Å²) in [6.45, 7) is 4.92. The predicted octanol–water partition coefficient (Wildman–Crippen LogP) is 4.79. The maximum absolute atomic E-state index is 12.6. The lowest BCUT2D eigenvalue weighted by atomic mass is 9.87. The number of aromatic amines is 1. The zero-order chi connectivity index (χ0) is 19.2. The van der Waals surface area contributed by atoms with Gasteiger partial charge in [0.25, 0.3) is 0 Å². The van der Waals surface area contributed by atoms with Crippen molar-refractivity contribution in [3.05, 3.63) is 65.4 Å². The predicted molar refractivity (Wildman–Crippen MR) is 110 cm³/mol. The monoisotopic (exact) mass is 364 g/mol. The van der Waals surface area contributed by atoms with E-state index in [2.05, 4.69) is 48.4 Å². The van der Waals surface area contributed by atoms with E-state index in [1.54, 1.807) is 7.11 Å². The van der Waals surface area contributed by atoms with Crippen molar-refractivity contribution in [2.24, 2.45) is 0 Å². The van der Waals surface area contributed by atoms with Crippen molar-refractivity contribution in [3.63, 3.8) is 0 Å². The normalized spacial score (nSPS) is 12.1. The van der Waals surface area contributed by atoms with Crippen LogP contribution in [-0.4, -0.2) is 24.5 Å². The van der Waals surface area contributed by atoms with Crippen molar-refractivity contribution >= 4 is 16.8 Å². The number of fused-ring (bicyclic) bond motifs is 1. The Bertz CT molecular complexity index is 914. The van der Waals surface area contributed by atoms with Crippen LogP contribution in [0.15, 0.2) is 48.7 Å². The summed E-state index contributed by atoms with van der Waals surface area (Å²) in [6.07, 6.45) is 4.34. The molecule has 0 fully saturated rings. The van der Waals surface area contributed by atoms with Gasteiger partial charge in [-0.1, -0.05) is 50.2 Å². The Labute approximate surface area is 160 Å². The molecular weight excluding hydrogens is 336 g/mol. The van der Waals surface area contributed by atoms with Crippen LogP contribution in [0.4, 0.5) is 0 Å². The average molecular weight is 364 g/mol. The number of para-hydroxylation sites is 2. The van der Waals surface area contributed by atoms with E-state index in [0.717, 1.165) is 35.2 Å². The number of rotatable bonds is 8. The van der Waals surface area contributed by atoms with Gasteiger partial charge in [0, 0.05) is 41.5 Å². The molecule has 2 N–H and O–H groups in total. The third kappa shape index (κ3) is 4.00. The van der Waals surface area contributed by atoms with Gasteiger partial charge in [-0.15, -0.1) is 0 Å². The zero-order valence-electron chi connectivity index (χ0n) is 16.3. The Morgan fingerprint density at radius 3 is 2.67 bits per heavy atom. The number of aryl methyl sites for hydroxylation is 1. The summed E-state index contributed by atoms with van der Waals surface area (Å²) < 4.78 is 5.60. The van der Waals surface area contributed by atoms with Gasteiger partial charge in [0.15, 0.2) is 0 Å². The van der Waals surface area contributed by atoms with Crippen molar-refractivity contribution in [3.8, 4) is 5.75 Å². The van der Waals surface area contributed by atoms with E-state index >= 15 is 0 Å². The fourth-order valence-electron chi connectivity index (χ4n) is 3.69. The highest BCUT2D eigenvalue weighted by Crippen LogP contribution is 2.38. The lowest BCUT2D eigenvalue weighted by molar-refractivity contribution is -0.121. The molecule has 0 saturated heterocycles. The molecule has 0 unspecified atom stereocenters. The minimum atomic E-state index is -0.0705. The van der Waals surface area contributed by atoms with Gasteiger partial charge in [-0.3, -0.25) is 4.79 Å². The van der Waals surface area contributed by atoms with Gasteiger partial charge in [0.2, 0.25) is 5.91 Å². The molecule has 2 aromatic carbocycles. The molecule has 0 bridgehead atoms. The highest BCUT2D eigenvalue weighted by Gasteiger charge is 2.24. The second kappa shape index (κ2) is 8.76. The fourth-order valence-corrected chi connectivity index (χ4v) is 3.69. The molecule has 1 aromatic heterocycles. The molecule has 142 valence electrons. The summed E-state index contributed by atoms with van der Waals surface area (Å²) >= 11 is 0. The first-order valence-electron chi connectivity index (χ1n) is 9.68. The smallest absolute Gasteiger partial charge is 0.220 e. The van der Waals surface area contributed by atoms with E-state index in [4.69, 9.17) is 4.74 Å². The van der Waals surface area contributed by atoms with Crippen LogP contribution >= 0.6 is 0 Å². The van der Waals surface area contributed by atoms with E-state index in [1.165, 1.54) is 10.9 Å². The number of H-pyrrole nitrogens is 1. The molecule has 4 heteroatoms. The number of methoxy groups -OCH3 is 1. The van der Waals surface area contributed by atoms with Crippen molar-refractivity contribution in [2.45, 2.75) is 39.0 Å². The molecule has 1 atom stereocenters. The Morgan fingerprint density at radius 2 is 1.93 bits per heavy atom. The van der Waals surface area contributed by atoms with Crippen LogP contribution in [0.25, 0.3) is 10.9 Å². The molecule has 0 saturated carbocycles. The third-order valence-corrected chi connectivity index (χ3v) is 5.07. The summed E-state index contributed by atoms with van der Waals surface area (Å²) in [4.78, 5) is 16.0. The van der Waals surface area contributed by atoms with Crippen LogP contribution in [-0.2, 0) is 11.2 Å². The molecule has 3 aromatic rings. The van der Waals surface area contributed by atoms with Gasteiger partial charge in [0.1, 0.15) is 5.75 Å². The molecular formula is C23H28N2O2. The van der Waals surface area contributed by atoms with Crippen LogP contribution in [0.5, 0.6) is 5.75 Å². The van der Waals surface area contributed by atoms with Crippen LogP contribution in [0.1, 0.15) is 49.3 Å². The third-order valence-electron chi connectivity index (χ3n) is 5.07. The lowest BCUT2D eigenvalue weighted by Crippen LogP contribution is -2.26. The lowest BCUT2D eigenvalue weighted by Gasteiger charge is -2.20. The summed E-state index contributed by atoms with van der Waals surface area (Å²) in [7, 11) is 1.68. The number of carbonyl (C=O) groups excluding carboxylic acids is 1. The number of hydrogen-bond donors (Lipinski definition) is 2. The maximum atomic E-state index is 12.6. The summed E-state index contributed by atoms with van der Waals surface area (Å²) in [5, 5.41) is 4.19. The second-order valence-electron chi connectivity index (χ2n) is 6.79. The standard InChI is InChI=1S/C23H28N2O2/c1-4-13-24-22(26)14-19(17-10-6-7-12-21(17)27-3)20-15-25-23-16(5-2)9-8-11-18(20)23/h6-12,15,19,25H,4-5,13-14H2,1-3H3,(H,24,26)/t19-/m0/s1. The Balaban J connectivity index is 2.08. The van der Waals surface area contributed by atoms with E-state index in [-0.39, 0.29) is 11.8 Å². The first kappa shape index (κ1) is 19.0. The van der Waals surface area contributed by atoms with Gasteiger partial charge in [-0.05, 0) is 30.0 Å². The Morgan fingerprint density at radius 1 is 1.11 bits per heavy atom. The van der Waals surface area contributed by atoms with E-state index in [0.29, 0.717) is 13.0 Å². The van der Waals surface area contributed by atoms with Gasteiger partial charge in [-0.25, -0.2) is 0 Å². The minimum Gasteiger partial charge on any atom is -0.496 e. The maximum Gasteiger partial charge on any atom is 0.220 e. The number of aromatic nitrogens is 1. The Kier molecular flexibility index (Phi) is 6.17. The molecule has 0 aliphatic heterocycles.